The van der Waals surface area contributed by atoms with Crippen LogP contribution in [0.4, 0.5) is 5.88 Å². The van der Waals surface area contributed by atoms with Gasteiger partial charge in [0.25, 0.3) is 0 Å². The van der Waals surface area contributed by atoms with Crippen molar-refractivity contribution in [3.63, 3.8) is 0 Å². The second-order valence-corrected chi connectivity index (χ2v) is 3.70. The lowest BCUT2D eigenvalue weighted by atomic mass is 10.2. The highest BCUT2D eigenvalue weighted by molar-refractivity contribution is 5.80. The van der Waals surface area contributed by atoms with E-state index < -0.39 is 0 Å². The van der Waals surface area contributed by atoms with Gasteiger partial charge in [-0.05, 0) is 12.1 Å². The monoisotopic (exact) mass is 256 g/mol. The lowest BCUT2D eigenvalue weighted by Gasteiger charge is -2.00. The van der Waals surface area contributed by atoms with Crippen molar-refractivity contribution < 1.29 is 9.21 Å². The fourth-order valence-corrected chi connectivity index (χ4v) is 1.47. The molecule has 96 valence electrons. The van der Waals surface area contributed by atoms with Crippen LogP contribution in [-0.2, 0) is 4.79 Å². The van der Waals surface area contributed by atoms with Gasteiger partial charge >= 0.3 is 0 Å². The minimum atomic E-state index is -0.207. The second kappa shape index (κ2) is 5.69. The number of hydrogen-bond donors (Lipinski definition) is 2. The van der Waals surface area contributed by atoms with Crippen LogP contribution in [0.15, 0.2) is 34.7 Å². The van der Waals surface area contributed by atoms with E-state index in [9.17, 15) is 4.79 Å². The third-order valence-electron chi connectivity index (χ3n) is 2.44. The lowest BCUT2D eigenvalue weighted by Crippen LogP contribution is -2.26. The summed E-state index contributed by atoms with van der Waals surface area (Å²) >= 11 is 0. The molecule has 6 heteroatoms. The molecule has 1 aromatic heterocycles. The van der Waals surface area contributed by atoms with Gasteiger partial charge in [-0.1, -0.05) is 18.2 Å². The summed E-state index contributed by atoms with van der Waals surface area (Å²) in [6.45, 7) is 0.0224. The molecule has 0 radical (unpaired) electrons. The molecule has 0 saturated heterocycles. The standard InChI is InChI=1S/C13H12N4O2/c1-15-11(18)8-16-13-10(7-14)17-12(19-13)9-5-3-2-4-6-9/h2-6,16H,8H2,1H3,(H,15,18). The molecule has 1 amide bonds. The van der Waals surface area contributed by atoms with Crippen molar-refractivity contribution in [1.29, 1.82) is 5.26 Å². The normalized spacial score (nSPS) is 9.68. The molecule has 0 unspecified atom stereocenters. The van der Waals surface area contributed by atoms with E-state index in [-0.39, 0.29) is 24.0 Å². The zero-order valence-electron chi connectivity index (χ0n) is 10.3. The van der Waals surface area contributed by atoms with Gasteiger partial charge in [0.15, 0.2) is 0 Å². The van der Waals surface area contributed by atoms with Gasteiger partial charge in [-0.3, -0.25) is 4.79 Å². The molecule has 0 aliphatic carbocycles. The van der Waals surface area contributed by atoms with E-state index in [1.54, 1.807) is 0 Å². The number of likely N-dealkylation sites (N-methyl/N-ethyl adjacent to an activating group) is 1. The highest BCUT2D eigenvalue weighted by Gasteiger charge is 2.14. The topological polar surface area (TPSA) is 90.9 Å². The summed E-state index contributed by atoms with van der Waals surface area (Å²) in [6, 6.07) is 11.2. The first-order valence-corrected chi connectivity index (χ1v) is 5.65. The van der Waals surface area contributed by atoms with Crippen LogP contribution >= 0.6 is 0 Å². The molecule has 6 nitrogen and oxygen atoms in total. The predicted molar refractivity (Wildman–Crippen MR) is 69.2 cm³/mol. The summed E-state index contributed by atoms with van der Waals surface area (Å²) in [5.41, 5.74) is 0.898. The van der Waals surface area contributed by atoms with E-state index >= 15 is 0 Å². The Labute approximate surface area is 110 Å². The molecular weight excluding hydrogens is 244 g/mol. The number of aromatic nitrogens is 1. The van der Waals surface area contributed by atoms with E-state index in [1.165, 1.54) is 7.05 Å². The van der Waals surface area contributed by atoms with E-state index in [1.807, 2.05) is 36.4 Å². The average molecular weight is 256 g/mol. The molecule has 0 atom stereocenters. The fourth-order valence-electron chi connectivity index (χ4n) is 1.47. The van der Waals surface area contributed by atoms with Crippen LogP contribution < -0.4 is 10.6 Å². The number of carbonyl (C=O) groups is 1. The summed E-state index contributed by atoms with van der Waals surface area (Å²) in [5.74, 6) is 0.336. The Kier molecular flexibility index (Phi) is 3.78. The Balaban J connectivity index is 2.23. The van der Waals surface area contributed by atoms with Gasteiger partial charge in [-0.15, -0.1) is 0 Å². The number of nitriles is 1. The number of benzene rings is 1. The SMILES string of the molecule is CNC(=O)CNc1oc(-c2ccccc2)nc1C#N. The molecule has 2 N–H and O–H groups in total. The van der Waals surface area contributed by atoms with Gasteiger partial charge in [0.05, 0.1) is 6.54 Å². The number of rotatable bonds is 4. The van der Waals surface area contributed by atoms with Crippen LogP contribution in [0.5, 0.6) is 0 Å². The first-order valence-electron chi connectivity index (χ1n) is 5.65. The number of amides is 1. The number of hydrogen-bond acceptors (Lipinski definition) is 5. The van der Waals surface area contributed by atoms with E-state index in [0.717, 1.165) is 5.56 Å². The quantitative estimate of drug-likeness (QED) is 0.862. The highest BCUT2D eigenvalue weighted by Crippen LogP contribution is 2.24. The van der Waals surface area contributed by atoms with Gasteiger partial charge in [0, 0.05) is 12.6 Å². The molecule has 0 saturated carbocycles. The predicted octanol–water partition coefficient (Wildman–Crippen LogP) is 1.37. The fraction of sp³-hybridized carbons (Fsp3) is 0.154. The zero-order valence-corrected chi connectivity index (χ0v) is 10.3. The van der Waals surface area contributed by atoms with Gasteiger partial charge in [-0.25, -0.2) is 0 Å². The Morgan fingerprint density at radius 3 is 2.79 bits per heavy atom. The zero-order chi connectivity index (χ0) is 13.7. The van der Waals surface area contributed by atoms with Crippen molar-refractivity contribution in [1.82, 2.24) is 10.3 Å². The van der Waals surface area contributed by atoms with Crippen molar-refractivity contribution in [3.05, 3.63) is 36.0 Å². The average Bonchev–Trinajstić information content (AvgIpc) is 2.89. The van der Waals surface area contributed by atoms with Crippen LogP contribution in [-0.4, -0.2) is 24.5 Å². The maximum atomic E-state index is 11.1. The van der Waals surface area contributed by atoms with Crippen LogP contribution in [0, 0.1) is 11.3 Å². The van der Waals surface area contributed by atoms with Crippen LogP contribution in [0.3, 0.4) is 0 Å². The lowest BCUT2D eigenvalue weighted by molar-refractivity contribution is -0.118. The van der Waals surface area contributed by atoms with Gasteiger partial charge in [-0.2, -0.15) is 10.2 Å². The van der Waals surface area contributed by atoms with E-state index in [4.69, 9.17) is 9.68 Å². The maximum absolute atomic E-state index is 11.1. The smallest absolute Gasteiger partial charge is 0.239 e. The first kappa shape index (κ1) is 12.6. The Bertz CT molecular complexity index is 613. The number of nitrogens with zero attached hydrogens (tertiary/aromatic N) is 2. The van der Waals surface area contributed by atoms with Crippen molar-refractivity contribution in [2.45, 2.75) is 0 Å². The van der Waals surface area contributed by atoms with Crippen molar-refractivity contribution in [3.8, 4) is 17.5 Å². The van der Waals surface area contributed by atoms with Crippen LogP contribution in [0.1, 0.15) is 5.69 Å². The highest BCUT2D eigenvalue weighted by atomic mass is 16.4. The molecule has 1 aromatic carbocycles. The largest absolute Gasteiger partial charge is 0.419 e. The molecule has 0 spiro atoms. The van der Waals surface area contributed by atoms with Gasteiger partial charge in [0.1, 0.15) is 6.07 Å². The summed E-state index contributed by atoms with van der Waals surface area (Å²) in [4.78, 5) is 15.2. The van der Waals surface area contributed by atoms with Crippen molar-refractivity contribution >= 4 is 11.8 Å². The van der Waals surface area contributed by atoms with Gasteiger partial charge in [0.2, 0.25) is 23.4 Å². The first-order chi connectivity index (χ1) is 9.24. The van der Waals surface area contributed by atoms with Crippen molar-refractivity contribution in [2.75, 3.05) is 18.9 Å². The molecule has 1 heterocycles. The minimum absolute atomic E-state index is 0.0224. The number of nitrogens with one attached hydrogen (secondary N) is 2. The molecule has 0 fully saturated rings. The van der Waals surface area contributed by atoms with Crippen LogP contribution in [0.25, 0.3) is 11.5 Å². The molecule has 0 aliphatic heterocycles. The molecule has 0 bridgehead atoms. The third kappa shape index (κ3) is 2.90. The molecule has 0 aliphatic rings. The third-order valence-corrected chi connectivity index (χ3v) is 2.44. The summed E-state index contributed by atoms with van der Waals surface area (Å²) in [5, 5.41) is 14.2. The van der Waals surface area contributed by atoms with E-state index in [2.05, 4.69) is 15.6 Å². The summed E-state index contributed by atoms with van der Waals surface area (Å²) < 4.78 is 5.46. The Morgan fingerprint density at radius 1 is 1.42 bits per heavy atom. The number of oxazole rings is 1. The Hall–Kier alpha value is -2.81. The molecule has 19 heavy (non-hydrogen) atoms. The van der Waals surface area contributed by atoms with E-state index in [0.29, 0.717) is 5.89 Å². The molecule has 2 aromatic rings. The number of anilines is 1. The van der Waals surface area contributed by atoms with Crippen LogP contribution in [0.2, 0.25) is 0 Å². The summed E-state index contributed by atoms with van der Waals surface area (Å²) in [6.07, 6.45) is 0. The second-order valence-electron chi connectivity index (χ2n) is 3.70. The maximum Gasteiger partial charge on any atom is 0.239 e. The summed E-state index contributed by atoms with van der Waals surface area (Å²) in [7, 11) is 1.53. The molecule has 2 rings (SSSR count). The Morgan fingerprint density at radius 2 is 2.16 bits per heavy atom. The minimum Gasteiger partial charge on any atom is -0.419 e. The van der Waals surface area contributed by atoms with Crippen molar-refractivity contribution in [2.24, 2.45) is 0 Å². The number of carbonyl (C=O) groups excluding carboxylic acids is 1. The molecular formula is C13H12N4O2. The van der Waals surface area contributed by atoms with Gasteiger partial charge < -0.3 is 15.1 Å².